The molecule has 33 heavy (non-hydrogen) atoms. The third-order valence-corrected chi connectivity index (χ3v) is 8.32. The Morgan fingerprint density at radius 3 is 2.48 bits per heavy atom. The fourth-order valence-corrected chi connectivity index (χ4v) is 5.92. The molecule has 2 aliphatic heterocycles. The molecule has 1 aromatic carbocycles. The molecule has 0 unspecified atom stereocenters. The number of amides is 1. The molecule has 11 heteroatoms. The predicted octanol–water partition coefficient (Wildman–Crippen LogP) is 1.81. The number of nitrogens with one attached hydrogen (secondary N) is 1. The third-order valence-electron chi connectivity index (χ3n) is 5.43. The second-order valence-corrected chi connectivity index (χ2v) is 10.6. The van der Waals surface area contributed by atoms with E-state index < -0.39 is 10.0 Å². The van der Waals surface area contributed by atoms with Gasteiger partial charge in [0.25, 0.3) is 0 Å². The number of benzene rings is 1. The maximum atomic E-state index is 13.2. The lowest BCUT2D eigenvalue weighted by atomic mass is 10.2. The molecule has 0 radical (unpaired) electrons. The van der Waals surface area contributed by atoms with E-state index in [2.05, 4.69) is 15.2 Å². The van der Waals surface area contributed by atoms with Gasteiger partial charge in [-0.3, -0.25) is 9.78 Å². The normalized spacial score (nSPS) is 17.6. The summed E-state index contributed by atoms with van der Waals surface area (Å²) < 4.78 is 38.5. The molecule has 9 nitrogen and oxygen atoms in total. The minimum atomic E-state index is -3.67. The van der Waals surface area contributed by atoms with Crippen molar-refractivity contribution in [2.45, 2.75) is 10.6 Å². The average molecular weight is 493 g/mol. The van der Waals surface area contributed by atoms with Crippen molar-refractivity contribution in [3.63, 3.8) is 0 Å². The molecule has 0 bridgehead atoms. The van der Waals surface area contributed by atoms with Gasteiger partial charge in [0.05, 0.1) is 48.5 Å². The van der Waals surface area contributed by atoms with Crippen molar-refractivity contribution in [3.8, 4) is 0 Å². The summed E-state index contributed by atoms with van der Waals surface area (Å²) in [6, 6.07) is 8.79. The molecular weight excluding hydrogens is 464 g/mol. The largest absolute Gasteiger partial charge is 0.379 e. The number of carbonyl (C=O) groups excluding carboxylic acids is 1. The molecule has 1 aromatic heterocycles. The van der Waals surface area contributed by atoms with Gasteiger partial charge in [0, 0.05) is 44.3 Å². The molecule has 2 fully saturated rings. The molecule has 0 aliphatic carbocycles. The van der Waals surface area contributed by atoms with Gasteiger partial charge in [-0.15, -0.1) is 11.8 Å². The van der Waals surface area contributed by atoms with Crippen LogP contribution >= 0.6 is 11.8 Å². The number of ether oxygens (including phenoxy) is 2. The average Bonchev–Trinajstić information content (AvgIpc) is 2.86. The van der Waals surface area contributed by atoms with Crippen molar-refractivity contribution < 1.29 is 22.7 Å². The van der Waals surface area contributed by atoms with Crippen molar-refractivity contribution in [1.82, 2.24) is 9.29 Å². The summed E-state index contributed by atoms with van der Waals surface area (Å²) in [6.07, 6.45) is 3.49. The Morgan fingerprint density at radius 1 is 1.06 bits per heavy atom. The second-order valence-electron chi connectivity index (χ2n) is 7.70. The molecular formula is C22H28N4O5S2. The number of thioether (sulfide) groups is 1. The van der Waals surface area contributed by atoms with Crippen LogP contribution in [0.2, 0.25) is 0 Å². The van der Waals surface area contributed by atoms with E-state index in [-0.39, 0.29) is 16.6 Å². The Labute approximate surface area is 198 Å². The first kappa shape index (κ1) is 24.0. The van der Waals surface area contributed by atoms with E-state index in [4.69, 9.17) is 9.47 Å². The molecule has 2 aliphatic rings. The van der Waals surface area contributed by atoms with Crippen molar-refractivity contribution in [2.24, 2.45) is 0 Å². The van der Waals surface area contributed by atoms with Gasteiger partial charge in [-0.25, -0.2) is 8.42 Å². The van der Waals surface area contributed by atoms with E-state index in [1.807, 2.05) is 12.1 Å². The number of sulfonamides is 1. The van der Waals surface area contributed by atoms with E-state index in [1.165, 1.54) is 16.1 Å². The minimum Gasteiger partial charge on any atom is -0.379 e. The number of rotatable bonds is 8. The molecule has 2 aromatic rings. The van der Waals surface area contributed by atoms with E-state index in [0.717, 1.165) is 11.3 Å². The number of carbonyl (C=O) groups is 1. The fraction of sp³-hybridized carbons (Fsp3) is 0.455. The second kappa shape index (κ2) is 11.3. The molecule has 0 spiro atoms. The molecule has 1 amide bonds. The van der Waals surface area contributed by atoms with E-state index >= 15 is 0 Å². The molecule has 4 rings (SSSR count). The number of morpholine rings is 2. The van der Waals surface area contributed by atoms with Gasteiger partial charge in [-0.2, -0.15) is 4.31 Å². The first-order valence-corrected chi connectivity index (χ1v) is 13.4. The standard InChI is InChI=1S/C22H28N4O5S2/c27-22(17-32-16-18-2-1-5-23-15-18)24-20-14-19(33(28,29)26-8-12-31-13-9-26)3-4-21(20)25-6-10-30-11-7-25/h1-5,14-15H,6-13,16-17H2,(H,24,27). The van der Waals surface area contributed by atoms with Gasteiger partial charge in [0.15, 0.2) is 0 Å². The lowest BCUT2D eigenvalue weighted by Gasteiger charge is -2.31. The number of hydrogen-bond donors (Lipinski definition) is 1. The number of pyridine rings is 1. The monoisotopic (exact) mass is 492 g/mol. The first-order valence-electron chi connectivity index (χ1n) is 10.9. The summed E-state index contributed by atoms with van der Waals surface area (Å²) in [5.74, 6) is 0.736. The third kappa shape index (κ3) is 6.24. The van der Waals surface area contributed by atoms with Crippen LogP contribution in [-0.2, 0) is 30.0 Å². The zero-order valence-corrected chi connectivity index (χ0v) is 19.9. The Bertz CT molecular complexity index is 1040. The Morgan fingerprint density at radius 2 is 1.79 bits per heavy atom. The summed E-state index contributed by atoms with van der Waals surface area (Å²) in [5, 5.41) is 2.94. The Hall–Kier alpha value is -2.18. The van der Waals surface area contributed by atoms with Crippen molar-refractivity contribution in [3.05, 3.63) is 48.3 Å². The number of nitrogens with zero attached hydrogens (tertiary/aromatic N) is 3. The molecule has 0 atom stereocenters. The highest BCUT2D eigenvalue weighted by Gasteiger charge is 2.28. The minimum absolute atomic E-state index is 0.166. The summed E-state index contributed by atoms with van der Waals surface area (Å²) in [4.78, 5) is 19.1. The van der Waals surface area contributed by atoms with Crippen LogP contribution < -0.4 is 10.2 Å². The smallest absolute Gasteiger partial charge is 0.243 e. The summed E-state index contributed by atoms with van der Waals surface area (Å²) >= 11 is 1.48. The number of aromatic nitrogens is 1. The highest BCUT2D eigenvalue weighted by molar-refractivity contribution is 7.99. The van der Waals surface area contributed by atoms with Crippen LogP contribution in [0.3, 0.4) is 0 Å². The van der Waals surface area contributed by atoms with E-state index in [1.54, 1.807) is 30.6 Å². The van der Waals surface area contributed by atoms with Gasteiger partial charge >= 0.3 is 0 Å². The van der Waals surface area contributed by atoms with Gasteiger partial charge in [-0.1, -0.05) is 6.07 Å². The molecule has 1 N–H and O–H groups in total. The van der Waals surface area contributed by atoms with E-state index in [0.29, 0.717) is 64.0 Å². The summed E-state index contributed by atoms with van der Waals surface area (Å²) in [7, 11) is -3.67. The Balaban J connectivity index is 1.51. The van der Waals surface area contributed by atoms with Crippen LogP contribution in [0.1, 0.15) is 5.56 Å². The molecule has 2 saturated heterocycles. The van der Waals surface area contributed by atoms with E-state index in [9.17, 15) is 13.2 Å². The maximum Gasteiger partial charge on any atom is 0.243 e. The SMILES string of the molecule is O=C(CSCc1cccnc1)Nc1cc(S(=O)(=O)N2CCOCC2)ccc1N1CCOCC1. The maximum absolute atomic E-state index is 13.2. The highest BCUT2D eigenvalue weighted by atomic mass is 32.2. The quantitative estimate of drug-likeness (QED) is 0.596. The van der Waals surface area contributed by atoms with Gasteiger partial charge in [0.2, 0.25) is 15.9 Å². The first-order chi connectivity index (χ1) is 16.0. The molecule has 178 valence electrons. The zero-order chi connectivity index (χ0) is 23.1. The van der Waals surface area contributed by atoms with Crippen LogP contribution in [-0.4, -0.2) is 82.0 Å². The van der Waals surface area contributed by atoms with Crippen molar-refractivity contribution in [1.29, 1.82) is 0 Å². The van der Waals surface area contributed by atoms with Crippen molar-refractivity contribution >= 4 is 39.1 Å². The van der Waals surface area contributed by atoms with Crippen LogP contribution in [0.25, 0.3) is 0 Å². The van der Waals surface area contributed by atoms with Gasteiger partial charge < -0.3 is 19.7 Å². The van der Waals surface area contributed by atoms with Crippen molar-refractivity contribution in [2.75, 3.05) is 68.6 Å². The highest BCUT2D eigenvalue weighted by Crippen LogP contribution is 2.31. The van der Waals surface area contributed by atoms with Crippen LogP contribution in [0.5, 0.6) is 0 Å². The van der Waals surface area contributed by atoms with Crippen LogP contribution in [0, 0.1) is 0 Å². The fourth-order valence-electron chi connectivity index (χ4n) is 3.72. The summed E-state index contributed by atoms with van der Waals surface area (Å²) in [5.41, 5.74) is 2.34. The van der Waals surface area contributed by atoms with Crippen LogP contribution in [0.4, 0.5) is 11.4 Å². The zero-order valence-electron chi connectivity index (χ0n) is 18.3. The molecule has 0 saturated carbocycles. The summed E-state index contributed by atoms with van der Waals surface area (Å²) in [6.45, 7) is 3.92. The Kier molecular flexibility index (Phi) is 8.20. The number of anilines is 2. The topological polar surface area (TPSA) is 101 Å². The molecule has 3 heterocycles. The lowest BCUT2D eigenvalue weighted by Crippen LogP contribution is -2.40. The van der Waals surface area contributed by atoms with Gasteiger partial charge in [0.1, 0.15) is 0 Å². The lowest BCUT2D eigenvalue weighted by molar-refractivity contribution is -0.113. The number of hydrogen-bond acceptors (Lipinski definition) is 8. The van der Waals surface area contributed by atoms with Gasteiger partial charge in [-0.05, 0) is 29.8 Å². The van der Waals surface area contributed by atoms with Crippen LogP contribution in [0.15, 0.2) is 47.6 Å². The predicted molar refractivity (Wildman–Crippen MR) is 128 cm³/mol.